The Kier molecular flexibility index (Phi) is 4.19. The van der Waals surface area contributed by atoms with E-state index < -0.39 is 9.84 Å². The van der Waals surface area contributed by atoms with Crippen LogP contribution < -0.4 is 5.73 Å². The summed E-state index contributed by atoms with van der Waals surface area (Å²) in [6.45, 7) is 4.40. The molecule has 5 nitrogen and oxygen atoms in total. The zero-order chi connectivity index (χ0) is 14.9. The number of nitrogen functional groups attached to an aromatic ring is 1. The van der Waals surface area contributed by atoms with Gasteiger partial charge in [0.1, 0.15) is 0 Å². The fraction of sp³-hybridized carbons (Fsp3) is 0.308. The molecule has 0 bridgehead atoms. The van der Waals surface area contributed by atoms with Gasteiger partial charge in [-0.15, -0.1) is 0 Å². The minimum Gasteiger partial charge on any atom is -0.398 e. The summed E-state index contributed by atoms with van der Waals surface area (Å²) in [5.74, 6) is -0.104. The molecule has 0 fully saturated rings. The molecular weight excluding hydrogens is 342 g/mol. The van der Waals surface area contributed by atoms with Crippen LogP contribution in [0.1, 0.15) is 18.3 Å². The Balaban J connectivity index is 2.40. The van der Waals surface area contributed by atoms with Crippen LogP contribution in [0.4, 0.5) is 5.69 Å². The summed E-state index contributed by atoms with van der Waals surface area (Å²) in [7, 11) is -3.49. The molecule has 0 aliphatic carbocycles. The third-order valence-electron chi connectivity index (χ3n) is 2.93. The van der Waals surface area contributed by atoms with Gasteiger partial charge in [0.25, 0.3) is 0 Å². The average Bonchev–Trinajstić information content (AvgIpc) is 2.67. The first-order chi connectivity index (χ1) is 9.33. The maximum Gasteiger partial charge on any atom is 0.186 e. The highest BCUT2D eigenvalue weighted by Gasteiger charge is 2.21. The molecule has 0 saturated heterocycles. The van der Waals surface area contributed by atoms with Gasteiger partial charge in [0.05, 0.1) is 27.7 Å². The molecule has 20 heavy (non-hydrogen) atoms. The molecule has 0 aliphatic rings. The molecule has 0 saturated carbocycles. The second kappa shape index (κ2) is 5.57. The molecule has 0 unspecified atom stereocenters. The number of sulfone groups is 1. The predicted octanol–water partition coefficient (Wildman–Crippen LogP) is 2.53. The Morgan fingerprint density at radius 1 is 1.35 bits per heavy atom. The first kappa shape index (κ1) is 15.1. The number of aryl methyl sites for hydroxylation is 2. The minimum absolute atomic E-state index is 0.104. The lowest BCUT2D eigenvalue weighted by molar-refractivity contribution is 0.586. The van der Waals surface area contributed by atoms with Gasteiger partial charge in [-0.25, -0.2) is 8.42 Å². The number of anilines is 1. The highest BCUT2D eigenvalue weighted by atomic mass is 79.9. The molecule has 0 spiro atoms. The molecule has 0 radical (unpaired) electrons. The van der Waals surface area contributed by atoms with Crippen molar-refractivity contribution in [2.24, 2.45) is 0 Å². The van der Waals surface area contributed by atoms with Crippen molar-refractivity contribution >= 4 is 31.5 Å². The van der Waals surface area contributed by atoms with Crippen molar-refractivity contribution in [2.45, 2.75) is 31.0 Å². The molecule has 0 atom stereocenters. The van der Waals surface area contributed by atoms with Crippen molar-refractivity contribution in [3.8, 4) is 0 Å². The lowest BCUT2D eigenvalue weighted by atomic mass is 10.3. The summed E-state index contributed by atoms with van der Waals surface area (Å²) in [4.78, 5) is 0.155. The van der Waals surface area contributed by atoms with Crippen molar-refractivity contribution in [3.05, 3.63) is 40.1 Å². The van der Waals surface area contributed by atoms with Gasteiger partial charge in [0, 0.05) is 11.0 Å². The SMILES string of the molecule is CCn1nc(C)cc1CS(=O)(=O)c1ccc(Br)cc1N. The zero-order valence-electron chi connectivity index (χ0n) is 11.3. The summed E-state index contributed by atoms with van der Waals surface area (Å²) in [5, 5.41) is 4.26. The summed E-state index contributed by atoms with van der Waals surface area (Å²) in [6.07, 6.45) is 0. The number of benzene rings is 1. The summed E-state index contributed by atoms with van der Waals surface area (Å²) in [5.41, 5.74) is 7.53. The van der Waals surface area contributed by atoms with Crippen LogP contribution in [0.2, 0.25) is 0 Å². The highest BCUT2D eigenvalue weighted by molar-refractivity contribution is 9.10. The van der Waals surface area contributed by atoms with E-state index in [-0.39, 0.29) is 16.3 Å². The molecule has 2 N–H and O–H groups in total. The predicted molar refractivity (Wildman–Crippen MR) is 82.1 cm³/mol. The van der Waals surface area contributed by atoms with E-state index in [1.54, 1.807) is 22.9 Å². The maximum absolute atomic E-state index is 12.5. The van der Waals surface area contributed by atoms with Crippen LogP contribution in [0.5, 0.6) is 0 Å². The van der Waals surface area contributed by atoms with Crippen LogP contribution in [-0.4, -0.2) is 18.2 Å². The topological polar surface area (TPSA) is 78.0 Å². The van der Waals surface area contributed by atoms with E-state index in [4.69, 9.17) is 5.73 Å². The molecule has 0 aliphatic heterocycles. The summed E-state index contributed by atoms with van der Waals surface area (Å²) in [6, 6.07) is 6.57. The largest absolute Gasteiger partial charge is 0.398 e. The van der Waals surface area contributed by atoms with Crippen molar-refractivity contribution in [1.82, 2.24) is 9.78 Å². The Bertz CT molecular complexity index is 738. The highest BCUT2D eigenvalue weighted by Crippen LogP contribution is 2.26. The first-order valence-electron chi connectivity index (χ1n) is 6.14. The Hall–Kier alpha value is -1.34. The second-order valence-corrected chi connectivity index (χ2v) is 7.41. The smallest absolute Gasteiger partial charge is 0.186 e. The Labute approximate surface area is 126 Å². The monoisotopic (exact) mass is 357 g/mol. The van der Waals surface area contributed by atoms with Gasteiger partial charge in [-0.2, -0.15) is 5.10 Å². The summed E-state index contributed by atoms with van der Waals surface area (Å²) < 4.78 is 27.4. The molecule has 108 valence electrons. The maximum atomic E-state index is 12.5. The van der Waals surface area contributed by atoms with Gasteiger partial charge in [-0.3, -0.25) is 4.68 Å². The molecule has 0 amide bonds. The van der Waals surface area contributed by atoms with E-state index in [0.717, 1.165) is 10.2 Å². The van der Waals surface area contributed by atoms with E-state index in [1.165, 1.54) is 6.07 Å². The molecule has 7 heteroatoms. The van der Waals surface area contributed by atoms with Gasteiger partial charge in [0.15, 0.2) is 9.84 Å². The number of halogens is 1. The molecule has 2 aromatic rings. The fourth-order valence-corrected chi connectivity index (χ4v) is 3.91. The standard InChI is InChI=1S/C13H16BrN3O2S/c1-3-17-11(6-9(2)16-17)8-20(18,19)13-5-4-10(14)7-12(13)15/h4-7H,3,8,15H2,1-2H3. The van der Waals surface area contributed by atoms with E-state index in [9.17, 15) is 8.42 Å². The van der Waals surface area contributed by atoms with Crippen molar-refractivity contribution in [3.63, 3.8) is 0 Å². The van der Waals surface area contributed by atoms with Crippen molar-refractivity contribution < 1.29 is 8.42 Å². The average molecular weight is 358 g/mol. The third-order valence-corrected chi connectivity index (χ3v) is 5.14. The van der Waals surface area contributed by atoms with Gasteiger partial charge in [-0.1, -0.05) is 15.9 Å². The van der Waals surface area contributed by atoms with Crippen LogP contribution in [-0.2, 0) is 22.1 Å². The number of hydrogen-bond donors (Lipinski definition) is 1. The number of aromatic nitrogens is 2. The number of nitrogens with two attached hydrogens (primary N) is 1. The molecule has 1 aromatic carbocycles. The van der Waals surface area contributed by atoms with Crippen molar-refractivity contribution in [1.29, 1.82) is 0 Å². The lowest BCUT2D eigenvalue weighted by Gasteiger charge is -2.09. The quantitative estimate of drug-likeness (QED) is 0.852. The Morgan fingerprint density at radius 3 is 2.65 bits per heavy atom. The van der Waals surface area contributed by atoms with Crippen molar-refractivity contribution in [2.75, 3.05) is 5.73 Å². The van der Waals surface area contributed by atoms with Crippen LogP contribution in [0.3, 0.4) is 0 Å². The zero-order valence-corrected chi connectivity index (χ0v) is 13.7. The third kappa shape index (κ3) is 3.04. The van der Waals surface area contributed by atoms with E-state index in [1.807, 2.05) is 13.8 Å². The van der Waals surface area contributed by atoms with Gasteiger partial charge in [0.2, 0.25) is 0 Å². The number of rotatable bonds is 4. The first-order valence-corrected chi connectivity index (χ1v) is 8.59. The Morgan fingerprint density at radius 2 is 2.05 bits per heavy atom. The minimum atomic E-state index is -3.49. The number of nitrogens with zero attached hydrogens (tertiary/aromatic N) is 2. The van der Waals surface area contributed by atoms with E-state index >= 15 is 0 Å². The van der Waals surface area contributed by atoms with Gasteiger partial charge >= 0.3 is 0 Å². The van der Waals surface area contributed by atoms with E-state index in [0.29, 0.717) is 12.2 Å². The van der Waals surface area contributed by atoms with Crippen LogP contribution in [0, 0.1) is 6.92 Å². The molecule has 2 rings (SSSR count). The number of hydrogen-bond acceptors (Lipinski definition) is 4. The van der Waals surface area contributed by atoms with Gasteiger partial charge < -0.3 is 5.73 Å². The summed E-state index contributed by atoms with van der Waals surface area (Å²) >= 11 is 3.27. The van der Waals surface area contributed by atoms with Crippen LogP contribution in [0.15, 0.2) is 33.6 Å². The normalized spacial score (nSPS) is 11.8. The fourth-order valence-electron chi connectivity index (χ4n) is 2.06. The van der Waals surface area contributed by atoms with E-state index in [2.05, 4.69) is 21.0 Å². The van der Waals surface area contributed by atoms with Crippen LogP contribution >= 0.6 is 15.9 Å². The molecule has 1 aromatic heterocycles. The lowest BCUT2D eigenvalue weighted by Crippen LogP contribution is -2.12. The molecular formula is C13H16BrN3O2S. The molecule has 1 heterocycles. The second-order valence-electron chi connectivity index (χ2n) is 4.53. The van der Waals surface area contributed by atoms with Gasteiger partial charge in [-0.05, 0) is 38.1 Å². The van der Waals surface area contributed by atoms with Crippen LogP contribution in [0.25, 0.3) is 0 Å².